The Hall–Kier alpha value is -2.71. The number of ether oxygens (including phenoxy) is 1. The lowest BCUT2D eigenvalue weighted by Gasteiger charge is -2.22. The van der Waals surface area contributed by atoms with Gasteiger partial charge in [0, 0.05) is 12.7 Å². The van der Waals surface area contributed by atoms with Crippen molar-refractivity contribution in [1.29, 1.82) is 0 Å². The van der Waals surface area contributed by atoms with E-state index in [2.05, 4.69) is 28.8 Å². The van der Waals surface area contributed by atoms with Gasteiger partial charge in [-0.15, -0.1) is 5.92 Å². The van der Waals surface area contributed by atoms with E-state index < -0.39 is 50.1 Å². The van der Waals surface area contributed by atoms with Gasteiger partial charge in [0.05, 0.1) is 6.61 Å². The molecule has 0 bridgehead atoms. The number of nitrogens with zero attached hydrogens (tertiary/aromatic N) is 1. The van der Waals surface area contributed by atoms with Crippen LogP contribution in [0, 0.1) is 11.8 Å². The van der Waals surface area contributed by atoms with Gasteiger partial charge >= 0.3 is 13.4 Å². The van der Waals surface area contributed by atoms with Crippen molar-refractivity contribution in [2.24, 2.45) is 0 Å². The van der Waals surface area contributed by atoms with Gasteiger partial charge in [-0.3, -0.25) is 18.9 Å². The monoisotopic (exact) mass is 605 g/mol. The SMILES string of the molecule is CC#Cc1cn([C@@H]2O[C@H](COP(=O)(NCCCCCCCCCCCC)Oc3ccccc3)[C@@H](O)[C@@H]2O)c(=O)[nH]c1=O. The van der Waals surface area contributed by atoms with Crippen LogP contribution < -0.4 is 20.9 Å². The Morgan fingerprint density at radius 1 is 1.00 bits per heavy atom. The third-order valence-corrected chi connectivity index (χ3v) is 8.60. The zero-order chi connectivity index (χ0) is 30.4. The van der Waals surface area contributed by atoms with Crippen LogP contribution in [0.5, 0.6) is 5.75 Å². The highest BCUT2D eigenvalue weighted by molar-refractivity contribution is 7.52. The van der Waals surface area contributed by atoms with Crippen LogP contribution in [0.15, 0.2) is 46.1 Å². The summed E-state index contributed by atoms with van der Waals surface area (Å²) in [5.41, 5.74) is -1.51. The number of aromatic nitrogens is 2. The Bertz CT molecular complexity index is 1320. The number of unbranched alkanes of at least 4 members (excludes halogenated alkanes) is 9. The summed E-state index contributed by atoms with van der Waals surface area (Å²) in [6, 6.07) is 8.59. The number of para-hydroxylation sites is 1. The molecule has 0 spiro atoms. The van der Waals surface area contributed by atoms with E-state index in [1.165, 1.54) is 58.1 Å². The minimum absolute atomic E-state index is 0.000902. The molecule has 11 nitrogen and oxygen atoms in total. The summed E-state index contributed by atoms with van der Waals surface area (Å²) < 4.78 is 31.8. The lowest BCUT2D eigenvalue weighted by Crippen LogP contribution is -2.38. The van der Waals surface area contributed by atoms with E-state index in [4.69, 9.17) is 13.8 Å². The van der Waals surface area contributed by atoms with E-state index >= 15 is 0 Å². The molecule has 2 aromatic rings. The van der Waals surface area contributed by atoms with Crippen molar-refractivity contribution in [2.75, 3.05) is 13.2 Å². The maximum atomic E-state index is 13.7. The molecule has 0 aliphatic carbocycles. The minimum atomic E-state index is -3.90. The summed E-state index contributed by atoms with van der Waals surface area (Å²) in [5.74, 6) is 5.50. The highest BCUT2D eigenvalue weighted by atomic mass is 31.2. The van der Waals surface area contributed by atoms with E-state index in [0.29, 0.717) is 12.3 Å². The summed E-state index contributed by atoms with van der Waals surface area (Å²) in [6.45, 7) is 3.75. The van der Waals surface area contributed by atoms with Gasteiger partial charge in [-0.25, -0.2) is 14.4 Å². The number of hydrogen-bond donors (Lipinski definition) is 4. The number of rotatable bonds is 18. The topological polar surface area (TPSA) is 152 Å². The average Bonchev–Trinajstić information content (AvgIpc) is 3.25. The van der Waals surface area contributed by atoms with Crippen molar-refractivity contribution in [3.05, 3.63) is 62.9 Å². The summed E-state index contributed by atoms with van der Waals surface area (Å²) in [5, 5.41) is 24.2. The van der Waals surface area contributed by atoms with E-state index in [0.717, 1.165) is 23.8 Å². The van der Waals surface area contributed by atoms with Crippen LogP contribution >= 0.6 is 7.75 Å². The molecular weight excluding hydrogens is 561 g/mol. The first kappa shape index (κ1) is 33.8. The highest BCUT2D eigenvalue weighted by Crippen LogP contribution is 2.45. The number of nitrogens with one attached hydrogen (secondary N) is 2. The summed E-state index contributed by atoms with van der Waals surface area (Å²) >= 11 is 0. The first-order chi connectivity index (χ1) is 20.3. The van der Waals surface area contributed by atoms with E-state index in [9.17, 15) is 24.4 Å². The minimum Gasteiger partial charge on any atom is -0.413 e. The van der Waals surface area contributed by atoms with Crippen LogP contribution in [-0.4, -0.2) is 51.2 Å². The maximum Gasteiger partial charge on any atom is 0.458 e. The van der Waals surface area contributed by atoms with Crippen molar-refractivity contribution in [3.8, 4) is 17.6 Å². The number of hydrogen-bond acceptors (Lipinski definition) is 8. The second-order valence-electron chi connectivity index (χ2n) is 10.4. The van der Waals surface area contributed by atoms with Gasteiger partial charge < -0.3 is 19.5 Å². The van der Waals surface area contributed by atoms with Gasteiger partial charge in [-0.2, -0.15) is 0 Å². The normalized spacial score (nSPS) is 21.4. The van der Waals surface area contributed by atoms with Crippen molar-refractivity contribution < 1.29 is 28.6 Å². The molecule has 1 saturated heterocycles. The van der Waals surface area contributed by atoms with Crippen molar-refractivity contribution >= 4 is 7.75 Å². The second-order valence-corrected chi connectivity index (χ2v) is 12.2. The van der Waals surface area contributed by atoms with Crippen molar-refractivity contribution in [1.82, 2.24) is 14.6 Å². The van der Waals surface area contributed by atoms with Crippen LogP contribution in [-0.2, 0) is 13.8 Å². The molecule has 1 unspecified atom stereocenters. The molecule has 0 amide bonds. The quantitative estimate of drug-likeness (QED) is 0.111. The molecule has 0 radical (unpaired) electrons. The number of aliphatic hydroxyl groups is 2. The second kappa shape index (κ2) is 17.4. The fourth-order valence-electron chi connectivity index (χ4n) is 4.72. The molecule has 3 rings (SSSR count). The van der Waals surface area contributed by atoms with Gasteiger partial charge in [-0.05, 0) is 25.5 Å². The fourth-order valence-corrected chi connectivity index (χ4v) is 6.10. The van der Waals surface area contributed by atoms with Crippen LogP contribution in [0.1, 0.15) is 89.8 Å². The smallest absolute Gasteiger partial charge is 0.413 e. The van der Waals surface area contributed by atoms with E-state index in [1.54, 1.807) is 30.3 Å². The Kier molecular flexibility index (Phi) is 14.0. The molecule has 0 saturated carbocycles. The standard InChI is InChI=1S/C30H44N3O8P/c1-3-5-6-7-8-9-10-11-12-16-20-31-42(38,41-24-18-14-13-15-19-24)39-22-25-26(34)27(35)29(40-25)33-21-23(17-4-2)28(36)32-30(33)37/h13-15,18-19,21,25-27,29,34-35H,3,5-12,16,20,22H2,1-2H3,(H,31,38)(H,32,36,37)/t25-,26-,27+,29-,42?/m1/s1. The number of benzene rings is 1. The molecule has 1 aromatic heterocycles. The van der Waals surface area contributed by atoms with Crippen LogP contribution in [0.2, 0.25) is 0 Å². The van der Waals surface area contributed by atoms with Crippen LogP contribution in [0.3, 0.4) is 0 Å². The van der Waals surface area contributed by atoms with Gasteiger partial charge in [0.2, 0.25) is 0 Å². The molecule has 1 aliphatic rings. The molecule has 2 heterocycles. The summed E-state index contributed by atoms with van der Waals surface area (Å²) in [6.07, 6.45) is 7.36. The predicted molar refractivity (Wildman–Crippen MR) is 160 cm³/mol. The van der Waals surface area contributed by atoms with Gasteiger partial charge in [-0.1, -0.05) is 88.8 Å². The number of aromatic amines is 1. The van der Waals surface area contributed by atoms with Gasteiger partial charge in [0.25, 0.3) is 5.56 Å². The van der Waals surface area contributed by atoms with Crippen LogP contribution in [0.25, 0.3) is 0 Å². The lowest BCUT2D eigenvalue weighted by atomic mass is 10.1. The van der Waals surface area contributed by atoms with Crippen LogP contribution in [0.4, 0.5) is 0 Å². The van der Waals surface area contributed by atoms with Gasteiger partial charge in [0.15, 0.2) is 6.23 Å². The molecule has 1 aliphatic heterocycles. The van der Waals surface area contributed by atoms with Gasteiger partial charge in [0.1, 0.15) is 29.6 Å². The van der Waals surface area contributed by atoms with E-state index in [1.807, 2.05) is 0 Å². The molecule has 1 aromatic carbocycles. The maximum absolute atomic E-state index is 13.7. The molecule has 4 N–H and O–H groups in total. The zero-order valence-electron chi connectivity index (χ0n) is 24.5. The largest absolute Gasteiger partial charge is 0.458 e. The van der Waals surface area contributed by atoms with E-state index in [-0.39, 0.29) is 5.56 Å². The first-order valence-corrected chi connectivity index (χ1v) is 16.4. The molecule has 42 heavy (non-hydrogen) atoms. The molecule has 232 valence electrons. The van der Waals surface area contributed by atoms with Crippen molar-refractivity contribution in [2.45, 2.75) is 103 Å². The molecule has 5 atom stereocenters. The molecule has 1 fully saturated rings. The zero-order valence-corrected chi connectivity index (χ0v) is 25.4. The Morgan fingerprint density at radius 3 is 2.29 bits per heavy atom. The lowest BCUT2D eigenvalue weighted by molar-refractivity contribution is -0.0526. The Morgan fingerprint density at radius 2 is 1.64 bits per heavy atom. The highest BCUT2D eigenvalue weighted by Gasteiger charge is 2.45. The average molecular weight is 606 g/mol. The summed E-state index contributed by atoms with van der Waals surface area (Å²) in [4.78, 5) is 26.5. The first-order valence-electron chi connectivity index (χ1n) is 14.8. The predicted octanol–water partition coefficient (Wildman–Crippen LogP) is 4.24. The Labute approximate surface area is 247 Å². The number of aliphatic hydroxyl groups excluding tert-OH is 2. The third-order valence-electron chi connectivity index (χ3n) is 7.05. The number of H-pyrrole nitrogens is 1. The fraction of sp³-hybridized carbons (Fsp3) is 0.600. The van der Waals surface area contributed by atoms with Crippen molar-refractivity contribution in [3.63, 3.8) is 0 Å². The molecular formula is C30H44N3O8P. The molecule has 12 heteroatoms. The Balaban J connectivity index is 1.57. The third kappa shape index (κ3) is 10.2. The summed E-state index contributed by atoms with van der Waals surface area (Å²) in [7, 11) is -3.90.